The summed E-state index contributed by atoms with van der Waals surface area (Å²) < 4.78 is 65.8. The molecule has 132 valence electrons. The second-order valence-corrected chi connectivity index (χ2v) is 10.1. The summed E-state index contributed by atoms with van der Waals surface area (Å²) in [6.45, 7) is 1.82. The van der Waals surface area contributed by atoms with Gasteiger partial charge in [-0.2, -0.15) is 0 Å². The molecule has 2 aromatic carbocycles. The van der Waals surface area contributed by atoms with E-state index in [4.69, 9.17) is 0 Å². The number of fused-ring (bicyclic) bond motifs is 1. The van der Waals surface area contributed by atoms with Gasteiger partial charge in [0.05, 0.1) is 0 Å². The van der Waals surface area contributed by atoms with Crippen LogP contribution in [-0.4, -0.2) is 32.4 Å². The second kappa shape index (κ2) is 6.46. The van der Waals surface area contributed by atoms with Gasteiger partial charge in [-0.15, -0.1) is 0 Å². The van der Waals surface area contributed by atoms with Crippen LogP contribution in [0.5, 0.6) is 0 Å². The molecule has 0 aliphatic rings. The fourth-order valence-electron chi connectivity index (χ4n) is 2.42. The molecule has 9 heteroatoms. The van der Waals surface area contributed by atoms with Crippen LogP contribution in [0.1, 0.15) is 5.56 Å². The number of aromatic nitrogens is 1. The molecular weight excluding hydrogens is 486 g/mol. The van der Waals surface area contributed by atoms with Gasteiger partial charge in [0, 0.05) is 0 Å². The molecule has 0 fully saturated rings. The Morgan fingerprint density at radius 1 is 1.04 bits per heavy atom. The Morgan fingerprint density at radius 3 is 2.24 bits per heavy atom. The van der Waals surface area contributed by atoms with Gasteiger partial charge in [-0.1, -0.05) is 0 Å². The van der Waals surface area contributed by atoms with E-state index in [1.165, 1.54) is 24.3 Å². The van der Waals surface area contributed by atoms with Crippen LogP contribution in [0.2, 0.25) is 0 Å². The first-order valence-electron chi connectivity index (χ1n) is 6.98. The van der Waals surface area contributed by atoms with Gasteiger partial charge in [-0.25, -0.2) is 0 Å². The summed E-state index contributed by atoms with van der Waals surface area (Å²) >= 11 is 1.22. The van der Waals surface area contributed by atoms with Gasteiger partial charge < -0.3 is 0 Å². The van der Waals surface area contributed by atoms with Crippen molar-refractivity contribution in [1.82, 2.24) is 3.97 Å². The summed E-state index contributed by atoms with van der Waals surface area (Å²) in [6, 6.07) is 12.4. The molecule has 0 aliphatic carbocycles. The molecule has 3 aromatic rings. The van der Waals surface area contributed by atoms with Crippen molar-refractivity contribution in [3.63, 3.8) is 0 Å². The zero-order valence-corrected chi connectivity index (χ0v) is 16.8. The molecule has 0 radical (unpaired) electrons. The van der Waals surface area contributed by atoms with Gasteiger partial charge in [-0.3, -0.25) is 0 Å². The summed E-state index contributed by atoms with van der Waals surface area (Å²) in [5.41, 5.74) is 1.10. The van der Waals surface area contributed by atoms with Crippen LogP contribution in [0.3, 0.4) is 0 Å². The number of alkyl halides is 3. The monoisotopic (exact) mass is 497 g/mol. The van der Waals surface area contributed by atoms with Gasteiger partial charge in [-0.05, 0) is 0 Å². The maximum absolute atomic E-state index is 13.0. The first-order valence-corrected chi connectivity index (χ1v) is 10.9. The minimum absolute atomic E-state index is 0.0191. The van der Waals surface area contributed by atoms with Crippen LogP contribution in [0.15, 0.2) is 58.0 Å². The molecule has 0 saturated heterocycles. The first kappa shape index (κ1) is 18.5. The molecule has 25 heavy (non-hydrogen) atoms. The predicted molar refractivity (Wildman–Crippen MR) is 94.8 cm³/mol. The molecule has 3 rings (SSSR count). The number of benzene rings is 2. The molecule has 1 aromatic heterocycles. The van der Waals surface area contributed by atoms with E-state index in [1.807, 2.05) is 6.92 Å². The van der Waals surface area contributed by atoms with Crippen molar-refractivity contribution in [3.8, 4) is 0 Å². The van der Waals surface area contributed by atoms with Gasteiger partial charge in [0.1, 0.15) is 0 Å². The Balaban J connectivity index is 2.30. The quantitative estimate of drug-likeness (QED) is 0.517. The standard InChI is InChI=1S/C16H11BrF3NO2SSe/c1-10-6-8-11(9-7-10)24(22,23)21-13-5-3-2-4-12(13)14(15(21)17)25-16(18,19)20/h2-9H,1H3. The van der Waals surface area contributed by atoms with Crippen LogP contribution >= 0.6 is 15.9 Å². The van der Waals surface area contributed by atoms with Gasteiger partial charge in [0.15, 0.2) is 0 Å². The molecular formula is C16H11BrF3NO2SSe. The molecule has 0 saturated carbocycles. The average Bonchev–Trinajstić information content (AvgIpc) is 2.79. The van der Waals surface area contributed by atoms with Crippen LogP contribution in [0, 0.1) is 6.92 Å². The molecule has 0 atom stereocenters. The number of hydrogen-bond acceptors (Lipinski definition) is 2. The third kappa shape index (κ3) is 3.51. The summed E-state index contributed by atoms with van der Waals surface area (Å²) in [4.78, 5) is 0.0191. The Hall–Kier alpha value is -1.28. The third-order valence-electron chi connectivity index (χ3n) is 3.51. The number of hydrogen-bond donors (Lipinski definition) is 0. The van der Waals surface area contributed by atoms with E-state index in [1.54, 1.807) is 24.3 Å². The normalized spacial score (nSPS) is 12.7. The van der Waals surface area contributed by atoms with Crippen molar-refractivity contribution < 1.29 is 21.6 Å². The van der Waals surface area contributed by atoms with Crippen LogP contribution in [0.4, 0.5) is 13.2 Å². The predicted octanol–water partition coefficient (Wildman–Crippen LogP) is 3.80. The Bertz CT molecular complexity index is 1040. The van der Waals surface area contributed by atoms with E-state index in [0.717, 1.165) is 9.54 Å². The van der Waals surface area contributed by atoms with Gasteiger partial charge in [0.2, 0.25) is 0 Å². The molecule has 0 bridgehead atoms. The Labute approximate surface area is 157 Å². The van der Waals surface area contributed by atoms with Crippen LogP contribution in [-0.2, 0) is 10.0 Å². The van der Waals surface area contributed by atoms with E-state index < -0.39 is 30.1 Å². The molecule has 3 nitrogen and oxygen atoms in total. The minimum atomic E-state index is -4.39. The van der Waals surface area contributed by atoms with Crippen molar-refractivity contribution in [3.05, 3.63) is 58.7 Å². The Kier molecular flexibility index (Phi) is 4.79. The van der Waals surface area contributed by atoms with Crippen molar-refractivity contribution in [2.45, 2.75) is 16.9 Å². The second-order valence-electron chi connectivity index (χ2n) is 5.27. The number of halogens is 4. The van der Waals surface area contributed by atoms with E-state index in [-0.39, 0.29) is 24.9 Å². The summed E-state index contributed by atoms with van der Waals surface area (Å²) in [5.74, 6) is 0. The van der Waals surface area contributed by atoms with Crippen molar-refractivity contribution >= 4 is 56.3 Å². The van der Waals surface area contributed by atoms with Crippen molar-refractivity contribution in [2.24, 2.45) is 0 Å². The van der Waals surface area contributed by atoms with E-state index in [2.05, 4.69) is 15.9 Å². The molecule has 0 amide bonds. The SMILES string of the molecule is Cc1ccc(S(=O)(=O)n2c(Br)c([Se]C(F)(F)F)c3ccccc32)cc1. The molecule has 1 heterocycles. The van der Waals surface area contributed by atoms with Crippen molar-refractivity contribution in [2.75, 3.05) is 0 Å². The maximum atomic E-state index is 13.0. The summed E-state index contributed by atoms with van der Waals surface area (Å²) in [5, 5.41) is -4.11. The summed E-state index contributed by atoms with van der Waals surface area (Å²) in [6.07, 6.45) is 0. The van der Waals surface area contributed by atoms with Crippen LogP contribution < -0.4 is 4.46 Å². The van der Waals surface area contributed by atoms with Crippen LogP contribution in [0.25, 0.3) is 10.9 Å². The molecule has 0 spiro atoms. The van der Waals surface area contributed by atoms with E-state index >= 15 is 0 Å². The molecule has 0 N–H and O–H groups in total. The number of para-hydroxylation sites is 1. The average molecular weight is 497 g/mol. The molecule has 0 unspecified atom stereocenters. The Morgan fingerprint density at radius 2 is 1.64 bits per heavy atom. The zero-order chi connectivity index (χ0) is 18.4. The third-order valence-corrected chi connectivity index (χ3v) is 8.60. The number of rotatable bonds is 3. The first-order chi connectivity index (χ1) is 11.6. The van der Waals surface area contributed by atoms with E-state index in [0.29, 0.717) is 0 Å². The molecule has 0 aliphatic heterocycles. The van der Waals surface area contributed by atoms with E-state index in [9.17, 15) is 21.6 Å². The topological polar surface area (TPSA) is 39.1 Å². The number of aryl methyl sites for hydroxylation is 1. The fourth-order valence-corrected chi connectivity index (χ4v) is 6.80. The van der Waals surface area contributed by atoms with Gasteiger partial charge in [0.25, 0.3) is 0 Å². The zero-order valence-electron chi connectivity index (χ0n) is 12.7. The van der Waals surface area contributed by atoms with Crippen molar-refractivity contribution in [1.29, 1.82) is 0 Å². The van der Waals surface area contributed by atoms with Gasteiger partial charge >= 0.3 is 157 Å². The number of nitrogens with zero attached hydrogens (tertiary/aromatic N) is 1. The summed E-state index contributed by atoms with van der Waals surface area (Å²) in [7, 11) is -4.04. The fraction of sp³-hybridized carbons (Fsp3) is 0.125.